The predicted octanol–water partition coefficient (Wildman–Crippen LogP) is 0.0435. The number of hydrogen-bond acceptors (Lipinski definition) is 5. The standard InChI is InChI=1S/C14H24N2O4/c1-16-13(18)7-6-12(14(16)19)15-8-10(17)9-20-11-4-2-3-5-11/h10-12,15,17H,2-9H2,1H3. The van der Waals surface area contributed by atoms with Gasteiger partial charge in [0, 0.05) is 20.0 Å². The van der Waals surface area contributed by atoms with Crippen molar-refractivity contribution in [3.8, 4) is 0 Å². The maximum Gasteiger partial charge on any atom is 0.246 e. The van der Waals surface area contributed by atoms with Gasteiger partial charge in [0.15, 0.2) is 0 Å². The highest BCUT2D eigenvalue weighted by Crippen LogP contribution is 2.20. The zero-order valence-corrected chi connectivity index (χ0v) is 12.0. The second kappa shape index (κ2) is 7.15. The Morgan fingerprint density at radius 1 is 1.35 bits per heavy atom. The highest BCUT2D eigenvalue weighted by atomic mass is 16.5. The number of likely N-dealkylation sites (N-methyl/N-ethyl adjacent to an activating group) is 1. The van der Waals surface area contributed by atoms with Gasteiger partial charge in [-0.2, -0.15) is 0 Å². The third kappa shape index (κ3) is 4.01. The van der Waals surface area contributed by atoms with Crippen molar-refractivity contribution in [2.75, 3.05) is 20.2 Å². The average molecular weight is 284 g/mol. The first-order valence-electron chi connectivity index (χ1n) is 7.41. The number of carbonyl (C=O) groups excluding carboxylic acids is 2. The van der Waals surface area contributed by atoms with Gasteiger partial charge in [0.2, 0.25) is 11.8 Å². The van der Waals surface area contributed by atoms with Crippen molar-refractivity contribution in [3.05, 3.63) is 0 Å². The van der Waals surface area contributed by atoms with E-state index in [0.717, 1.165) is 17.7 Å². The minimum absolute atomic E-state index is 0.141. The van der Waals surface area contributed by atoms with Crippen LogP contribution in [-0.2, 0) is 14.3 Å². The zero-order chi connectivity index (χ0) is 14.5. The first-order valence-corrected chi connectivity index (χ1v) is 7.41. The van der Waals surface area contributed by atoms with Gasteiger partial charge in [-0.1, -0.05) is 12.8 Å². The summed E-state index contributed by atoms with van der Waals surface area (Å²) in [5, 5.41) is 12.9. The van der Waals surface area contributed by atoms with Crippen molar-refractivity contribution in [2.45, 2.75) is 56.8 Å². The molecule has 20 heavy (non-hydrogen) atoms. The molecule has 2 atom stereocenters. The van der Waals surface area contributed by atoms with Crippen LogP contribution in [-0.4, -0.2) is 60.3 Å². The quantitative estimate of drug-likeness (QED) is 0.674. The summed E-state index contributed by atoms with van der Waals surface area (Å²) in [5.74, 6) is -0.358. The molecule has 0 aromatic rings. The molecule has 6 nitrogen and oxygen atoms in total. The molecule has 114 valence electrons. The molecule has 1 aliphatic carbocycles. The lowest BCUT2D eigenvalue weighted by molar-refractivity contribution is -0.148. The van der Waals surface area contributed by atoms with Gasteiger partial charge in [-0.15, -0.1) is 0 Å². The molecule has 2 amide bonds. The normalized spacial score (nSPS) is 26.3. The van der Waals surface area contributed by atoms with Gasteiger partial charge in [0.25, 0.3) is 0 Å². The molecular formula is C14H24N2O4. The summed E-state index contributed by atoms with van der Waals surface area (Å²) in [7, 11) is 1.50. The van der Waals surface area contributed by atoms with Crippen LogP contribution in [0.5, 0.6) is 0 Å². The van der Waals surface area contributed by atoms with E-state index in [4.69, 9.17) is 4.74 Å². The Balaban J connectivity index is 1.66. The van der Waals surface area contributed by atoms with Crippen molar-refractivity contribution in [1.29, 1.82) is 0 Å². The lowest BCUT2D eigenvalue weighted by Gasteiger charge is -2.29. The van der Waals surface area contributed by atoms with E-state index in [-0.39, 0.29) is 24.0 Å². The van der Waals surface area contributed by atoms with Crippen LogP contribution in [0.2, 0.25) is 0 Å². The Morgan fingerprint density at radius 3 is 2.75 bits per heavy atom. The summed E-state index contributed by atoms with van der Waals surface area (Å²) in [6.45, 7) is 0.610. The number of piperidine rings is 1. The number of ether oxygens (including phenoxy) is 1. The number of rotatable bonds is 6. The smallest absolute Gasteiger partial charge is 0.246 e. The fourth-order valence-corrected chi connectivity index (χ4v) is 2.74. The van der Waals surface area contributed by atoms with Crippen LogP contribution >= 0.6 is 0 Å². The predicted molar refractivity (Wildman–Crippen MR) is 73.0 cm³/mol. The molecule has 2 rings (SSSR count). The van der Waals surface area contributed by atoms with Gasteiger partial charge in [-0.3, -0.25) is 14.5 Å². The van der Waals surface area contributed by atoms with E-state index in [2.05, 4.69) is 5.32 Å². The van der Waals surface area contributed by atoms with Crippen LogP contribution in [0.1, 0.15) is 38.5 Å². The fraction of sp³-hybridized carbons (Fsp3) is 0.857. The number of imide groups is 1. The Hall–Kier alpha value is -0.980. The minimum Gasteiger partial charge on any atom is -0.389 e. The van der Waals surface area contributed by atoms with E-state index in [1.54, 1.807) is 0 Å². The molecule has 6 heteroatoms. The largest absolute Gasteiger partial charge is 0.389 e. The highest BCUT2D eigenvalue weighted by molar-refractivity contribution is 6.00. The maximum absolute atomic E-state index is 11.8. The van der Waals surface area contributed by atoms with Crippen LogP contribution in [0.3, 0.4) is 0 Å². The number of likely N-dealkylation sites (tertiary alicyclic amines) is 1. The van der Waals surface area contributed by atoms with Crippen LogP contribution in [0, 0.1) is 0 Å². The van der Waals surface area contributed by atoms with Crippen molar-refractivity contribution in [1.82, 2.24) is 10.2 Å². The van der Waals surface area contributed by atoms with Crippen molar-refractivity contribution < 1.29 is 19.4 Å². The second-order valence-corrected chi connectivity index (χ2v) is 5.68. The molecule has 0 radical (unpaired) electrons. The molecule has 0 spiro atoms. The second-order valence-electron chi connectivity index (χ2n) is 5.68. The van der Waals surface area contributed by atoms with E-state index >= 15 is 0 Å². The highest BCUT2D eigenvalue weighted by Gasteiger charge is 2.31. The SMILES string of the molecule is CN1C(=O)CCC(NCC(O)COC2CCCC2)C1=O. The third-order valence-corrected chi connectivity index (χ3v) is 4.08. The van der Waals surface area contributed by atoms with E-state index < -0.39 is 6.10 Å². The summed E-state index contributed by atoms with van der Waals surface area (Å²) in [5.41, 5.74) is 0. The molecular weight excluding hydrogens is 260 g/mol. The molecule has 0 aromatic carbocycles. The molecule has 1 saturated carbocycles. The van der Waals surface area contributed by atoms with Crippen molar-refractivity contribution in [3.63, 3.8) is 0 Å². The molecule has 1 heterocycles. The Labute approximate surface area is 119 Å². The van der Waals surface area contributed by atoms with Crippen LogP contribution in [0.25, 0.3) is 0 Å². The van der Waals surface area contributed by atoms with E-state index in [0.29, 0.717) is 26.0 Å². The van der Waals surface area contributed by atoms with Gasteiger partial charge in [-0.25, -0.2) is 0 Å². The molecule has 1 aliphatic heterocycles. The van der Waals surface area contributed by atoms with E-state index in [1.165, 1.54) is 19.9 Å². The zero-order valence-electron chi connectivity index (χ0n) is 12.0. The number of aliphatic hydroxyl groups is 1. The monoisotopic (exact) mass is 284 g/mol. The summed E-state index contributed by atoms with van der Waals surface area (Å²) in [4.78, 5) is 24.3. The Kier molecular flexibility index (Phi) is 5.51. The Bertz CT molecular complexity index is 355. The molecule has 2 unspecified atom stereocenters. The number of nitrogens with one attached hydrogen (secondary N) is 1. The summed E-state index contributed by atoms with van der Waals surface area (Å²) >= 11 is 0. The van der Waals surface area contributed by atoms with Crippen molar-refractivity contribution >= 4 is 11.8 Å². The summed E-state index contributed by atoms with van der Waals surface area (Å²) in [6, 6.07) is -0.376. The van der Waals surface area contributed by atoms with Gasteiger partial charge in [-0.05, 0) is 19.3 Å². The molecule has 2 fully saturated rings. The number of aliphatic hydroxyl groups excluding tert-OH is 1. The Morgan fingerprint density at radius 2 is 2.05 bits per heavy atom. The van der Waals surface area contributed by atoms with Gasteiger partial charge in [0.05, 0.1) is 24.9 Å². The molecule has 2 aliphatic rings. The molecule has 2 N–H and O–H groups in total. The van der Waals surface area contributed by atoms with E-state index in [1.807, 2.05) is 0 Å². The van der Waals surface area contributed by atoms with Crippen LogP contribution < -0.4 is 5.32 Å². The molecule has 0 aromatic heterocycles. The average Bonchev–Trinajstić information content (AvgIpc) is 2.95. The topological polar surface area (TPSA) is 78.9 Å². The number of nitrogens with zero attached hydrogens (tertiary/aromatic N) is 1. The maximum atomic E-state index is 11.8. The molecule has 0 bridgehead atoms. The van der Waals surface area contributed by atoms with Gasteiger partial charge < -0.3 is 15.2 Å². The first-order chi connectivity index (χ1) is 9.58. The lowest BCUT2D eigenvalue weighted by Crippen LogP contribution is -2.53. The summed E-state index contributed by atoms with van der Waals surface area (Å²) < 4.78 is 5.63. The summed E-state index contributed by atoms with van der Waals surface area (Å²) in [6.07, 6.45) is 5.09. The van der Waals surface area contributed by atoms with Gasteiger partial charge in [0.1, 0.15) is 0 Å². The van der Waals surface area contributed by atoms with Crippen LogP contribution in [0.4, 0.5) is 0 Å². The van der Waals surface area contributed by atoms with E-state index in [9.17, 15) is 14.7 Å². The molecule has 1 saturated heterocycles. The minimum atomic E-state index is -0.619. The van der Waals surface area contributed by atoms with Gasteiger partial charge >= 0.3 is 0 Å². The first kappa shape index (κ1) is 15.4. The van der Waals surface area contributed by atoms with Crippen LogP contribution in [0.15, 0.2) is 0 Å². The van der Waals surface area contributed by atoms with Crippen molar-refractivity contribution in [2.24, 2.45) is 0 Å². The number of amides is 2. The number of carbonyl (C=O) groups is 2. The number of hydrogen-bond donors (Lipinski definition) is 2. The lowest BCUT2D eigenvalue weighted by atomic mass is 10.0. The fourth-order valence-electron chi connectivity index (χ4n) is 2.74. The third-order valence-electron chi connectivity index (χ3n) is 4.08.